The van der Waals surface area contributed by atoms with Crippen LogP contribution in [0.5, 0.6) is 0 Å². The van der Waals surface area contributed by atoms with Crippen LogP contribution in [0.3, 0.4) is 0 Å². The number of amides is 1. The largest absolute Gasteiger partial charge is 0.398 e. The highest BCUT2D eigenvalue weighted by atomic mass is 16.1. The summed E-state index contributed by atoms with van der Waals surface area (Å²) in [6.45, 7) is 3.64. The van der Waals surface area contributed by atoms with Crippen molar-refractivity contribution in [3.63, 3.8) is 0 Å². The Kier molecular flexibility index (Phi) is 5.65. The van der Waals surface area contributed by atoms with E-state index in [0.717, 1.165) is 24.9 Å². The van der Waals surface area contributed by atoms with Crippen LogP contribution in [0.1, 0.15) is 28.8 Å². The molecule has 100 valence electrons. The van der Waals surface area contributed by atoms with Gasteiger partial charge in [0.05, 0.1) is 5.56 Å². The smallest absolute Gasteiger partial charge is 0.253 e. The molecule has 0 unspecified atom stereocenters. The third-order valence-electron chi connectivity index (χ3n) is 2.89. The lowest BCUT2D eigenvalue weighted by molar-refractivity contribution is 0.0953. The number of benzene rings is 1. The first-order chi connectivity index (χ1) is 8.52. The molecule has 0 heterocycles. The molecule has 0 atom stereocenters. The molecule has 0 aliphatic heterocycles. The second-order valence-corrected chi connectivity index (χ2v) is 4.80. The van der Waals surface area contributed by atoms with Gasteiger partial charge in [0, 0.05) is 12.2 Å². The molecule has 1 aromatic rings. The first-order valence-corrected chi connectivity index (χ1v) is 6.30. The molecule has 0 saturated heterocycles. The van der Waals surface area contributed by atoms with Crippen LogP contribution in [-0.4, -0.2) is 38.0 Å². The van der Waals surface area contributed by atoms with Crippen molar-refractivity contribution in [2.45, 2.75) is 19.8 Å². The molecule has 3 N–H and O–H groups in total. The quantitative estimate of drug-likeness (QED) is 0.595. The van der Waals surface area contributed by atoms with Crippen molar-refractivity contribution in [3.05, 3.63) is 29.3 Å². The van der Waals surface area contributed by atoms with E-state index in [0.29, 0.717) is 17.8 Å². The Bertz CT molecular complexity index is 402. The molecule has 0 radical (unpaired) electrons. The number of anilines is 1. The molecule has 0 aliphatic rings. The number of nitrogens with zero attached hydrogens (tertiary/aromatic N) is 1. The average molecular weight is 249 g/mol. The van der Waals surface area contributed by atoms with Gasteiger partial charge in [0.2, 0.25) is 0 Å². The van der Waals surface area contributed by atoms with Gasteiger partial charge in [0.25, 0.3) is 5.91 Å². The predicted octanol–water partition coefficient (Wildman–Crippen LogP) is 1.65. The highest BCUT2D eigenvalue weighted by molar-refractivity contribution is 5.99. The number of rotatable bonds is 6. The van der Waals surface area contributed by atoms with Gasteiger partial charge in [-0.1, -0.05) is 12.1 Å². The minimum absolute atomic E-state index is 0.0824. The van der Waals surface area contributed by atoms with Crippen molar-refractivity contribution in [3.8, 4) is 0 Å². The van der Waals surface area contributed by atoms with Crippen LogP contribution in [0.25, 0.3) is 0 Å². The van der Waals surface area contributed by atoms with Crippen molar-refractivity contribution in [1.82, 2.24) is 10.2 Å². The summed E-state index contributed by atoms with van der Waals surface area (Å²) >= 11 is 0. The van der Waals surface area contributed by atoms with E-state index in [1.807, 2.05) is 33.2 Å². The maximum atomic E-state index is 11.9. The third kappa shape index (κ3) is 4.37. The Labute approximate surface area is 109 Å². The number of para-hydroxylation sites is 1. The normalized spacial score (nSPS) is 10.7. The molecule has 0 aliphatic carbocycles. The average Bonchev–Trinajstić information content (AvgIpc) is 2.31. The first-order valence-electron chi connectivity index (χ1n) is 6.30. The molecule has 4 nitrogen and oxygen atoms in total. The highest BCUT2D eigenvalue weighted by Gasteiger charge is 2.09. The number of carbonyl (C=O) groups is 1. The summed E-state index contributed by atoms with van der Waals surface area (Å²) in [4.78, 5) is 14.1. The van der Waals surface area contributed by atoms with Crippen LogP contribution >= 0.6 is 0 Å². The van der Waals surface area contributed by atoms with Crippen LogP contribution in [0.2, 0.25) is 0 Å². The molecular formula is C14H23N3O. The minimum atomic E-state index is -0.0824. The summed E-state index contributed by atoms with van der Waals surface area (Å²) in [6, 6.07) is 5.52. The van der Waals surface area contributed by atoms with E-state index in [1.54, 1.807) is 6.07 Å². The zero-order valence-corrected chi connectivity index (χ0v) is 11.5. The maximum Gasteiger partial charge on any atom is 0.253 e. The van der Waals surface area contributed by atoms with Gasteiger partial charge in [-0.05, 0) is 52.0 Å². The minimum Gasteiger partial charge on any atom is -0.398 e. The van der Waals surface area contributed by atoms with Crippen molar-refractivity contribution < 1.29 is 4.79 Å². The molecule has 1 amide bonds. The Morgan fingerprint density at radius 2 is 2.06 bits per heavy atom. The van der Waals surface area contributed by atoms with E-state index in [1.165, 1.54) is 0 Å². The second kappa shape index (κ2) is 7.01. The second-order valence-electron chi connectivity index (χ2n) is 4.80. The van der Waals surface area contributed by atoms with Crippen LogP contribution in [-0.2, 0) is 0 Å². The van der Waals surface area contributed by atoms with Gasteiger partial charge in [0.15, 0.2) is 0 Å². The van der Waals surface area contributed by atoms with Crippen LogP contribution < -0.4 is 11.1 Å². The van der Waals surface area contributed by atoms with Gasteiger partial charge in [-0.3, -0.25) is 4.79 Å². The van der Waals surface area contributed by atoms with Crippen LogP contribution in [0.4, 0.5) is 5.69 Å². The lowest BCUT2D eigenvalue weighted by Crippen LogP contribution is -2.26. The number of hydrogen-bond donors (Lipinski definition) is 2. The van der Waals surface area contributed by atoms with Crippen molar-refractivity contribution in [2.75, 3.05) is 32.9 Å². The summed E-state index contributed by atoms with van der Waals surface area (Å²) in [6.07, 6.45) is 2.06. The van der Waals surface area contributed by atoms with Crippen molar-refractivity contribution in [1.29, 1.82) is 0 Å². The number of hydrogen-bond acceptors (Lipinski definition) is 3. The van der Waals surface area contributed by atoms with Crippen LogP contribution in [0, 0.1) is 6.92 Å². The molecular weight excluding hydrogens is 226 g/mol. The molecule has 1 rings (SSSR count). The Morgan fingerprint density at radius 1 is 1.33 bits per heavy atom. The van der Waals surface area contributed by atoms with Gasteiger partial charge < -0.3 is 16.0 Å². The SMILES string of the molecule is Cc1cccc(C(=O)NCCCCN(C)C)c1N. The summed E-state index contributed by atoms with van der Waals surface area (Å²) < 4.78 is 0. The van der Waals surface area contributed by atoms with E-state index < -0.39 is 0 Å². The zero-order chi connectivity index (χ0) is 13.5. The molecule has 0 saturated carbocycles. The fourth-order valence-corrected chi connectivity index (χ4v) is 1.73. The Balaban J connectivity index is 2.39. The van der Waals surface area contributed by atoms with E-state index in [4.69, 9.17) is 5.73 Å². The third-order valence-corrected chi connectivity index (χ3v) is 2.89. The van der Waals surface area contributed by atoms with E-state index >= 15 is 0 Å². The fraction of sp³-hybridized carbons (Fsp3) is 0.500. The number of nitrogens with one attached hydrogen (secondary N) is 1. The lowest BCUT2D eigenvalue weighted by atomic mass is 10.1. The summed E-state index contributed by atoms with van der Waals surface area (Å²) in [7, 11) is 4.10. The zero-order valence-electron chi connectivity index (χ0n) is 11.5. The Morgan fingerprint density at radius 3 is 2.72 bits per heavy atom. The molecule has 0 fully saturated rings. The molecule has 0 spiro atoms. The lowest BCUT2D eigenvalue weighted by Gasteiger charge is -2.11. The van der Waals surface area contributed by atoms with Gasteiger partial charge in [-0.2, -0.15) is 0 Å². The molecule has 4 heteroatoms. The van der Waals surface area contributed by atoms with E-state index in [-0.39, 0.29) is 5.91 Å². The topological polar surface area (TPSA) is 58.4 Å². The first kappa shape index (κ1) is 14.5. The summed E-state index contributed by atoms with van der Waals surface area (Å²) in [5.41, 5.74) is 7.97. The predicted molar refractivity (Wildman–Crippen MR) is 75.7 cm³/mol. The monoisotopic (exact) mass is 249 g/mol. The number of unbranched alkanes of at least 4 members (excludes halogenated alkanes) is 1. The standard InChI is InChI=1S/C14H23N3O/c1-11-7-6-8-12(13(11)15)14(18)16-9-4-5-10-17(2)3/h6-8H,4-5,9-10,15H2,1-3H3,(H,16,18). The van der Waals surface area contributed by atoms with Crippen molar-refractivity contribution >= 4 is 11.6 Å². The summed E-state index contributed by atoms with van der Waals surface area (Å²) in [5.74, 6) is -0.0824. The number of nitrogens with two attached hydrogens (primary N) is 1. The van der Waals surface area contributed by atoms with Crippen LogP contribution in [0.15, 0.2) is 18.2 Å². The van der Waals surface area contributed by atoms with E-state index in [2.05, 4.69) is 10.2 Å². The fourth-order valence-electron chi connectivity index (χ4n) is 1.73. The number of aryl methyl sites for hydroxylation is 1. The van der Waals surface area contributed by atoms with Crippen molar-refractivity contribution in [2.24, 2.45) is 0 Å². The molecule has 1 aromatic carbocycles. The van der Waals surface area contributed by atoms with Gasteiger partial charge in [-0.15, -0.1) is 0 Å². The highest BCUT2D eigenvalue weighted by Crippen LogP contribution is 2.15. The van der Waals surface area contributed by atoms with E-state index in [9.17, 15) is 4.79 Å². The maximum absolute atomic E-state index is 11.9. The Hall–Kier alpha value is -1.55. The number of carbonyl (C=O) groups excluding carboxylic acids is 1. The molecule has 18 heavy (non-hydrogen) atoms. The number of nitrogen functional groups attached to an aromatic ring is 1. The van der Waals surface area contributed by atoms with Gasteiger partial charge >= 0.3 is 0 Å². The van der Waals surface area contributed by atoms with Gasteiger partial charge in [0.1, 0.15) is 0 Å². The molecule has 0 bridgehead atoms. The molecule has 0 aromatic heterocycles. The van der Waals surface area contributed by atoms with Gasteiger partial charge in [-0.25, -0.2) is 0 Å². The summed E-state index contributed by atoms with van der Waals surface area (Å²) in [5, 5.41) is 2.90.